The summed E-state index contributed by atoms with van der Waals surface area (Å²) in [6, 6.07) is 15.0. The SMILES string of the molecule is O=C(CN1CCSc2ccccc21)N1CCS[C@@H]1c1ccccc1F. The Hall–Kier alpha value is -1.66. The maximum atomic E-state index is 14.2. The Labute approximate surface area is 155 Å². The van der Waals surface area contributed by atoms with Crippen LogP contribution in [0.4, 0.5) is 10.1 Å². The molecule has 0 saturated carbocycles. The van der Waals surface area contributed by atoms with Gasteiger partial charge in [0.1, 0.15) is 11.2 Å². The molecule has 1 saturated heterocycles. The van der Waals surface area contributed by atoms with Crippen LogP contribution < -0.4 is 4.90 Å². The van der Waals surface area contributed by atoms with Crippen LogP contribution >= 0.6 is 23.5 Å². The van der Waals surface area contributed by atoms with Crippen molar-refractivity contribution >= 4 is 35.1 Å². The van der Waals surface area contributed by atoms with Crippen molar-refractivity contribution in [2.75, 3.05) is 36.0 Å². The third kappa shape index (κ3) is 3.37. The third-order valence-corrected chi connectivity index (χ3v) is 6.82. The van der Waals surface area contributed by atoms with Crippen molar-refractivity contribution in [3.8, 4) is 0 Å². The van der Waals surface area contributed by atoms with Gasteiger partial charge in [0.25, 0.3) is 0 Å². The van der Waals surface area contributed by atoms with E-state index in [-0.39, 0.29) is 17.1 Å². The number of carbonyl (C=O) groups is 1. The second kappa shape index (κ2) is 7.30. The van der Waals surface area contributed by atoms with Gasteiger partial charge < -0.3 is 9.80 Å². The number of nitrogens with zero attached hydrogens (tertiary/aromatic N) is 2. The van der Waals surface area contributed by atoms with Gasteiger partial charge in [0.2, 0.25) is 5.91 Å². The minimum atomic E-state index is -0.237. The Kier molecular flexibility index (Phi) is 4.90. The van der Waals surface area contributed by atoms with E-state index in [0.29, 0.717) is 18.7 Å². The molecule has 2 aromatic rings. The number of amides is 1. The predicted molar refractivity (Wildman–Crippen MR) is 103 cm³/mol. The van der Waals surface area contributed by atoms with E-state index in [1.807, 2.05) is 34.9 Å². The Morgan fingerprint density at radius 3 is 2.76 bits per heavy atom. The summed E-state index contributed by atoms with van der Waals surface area (Å²) in [4.78, 5) is 18.2. The van der Waals surface area contributed by atoms with Crippen molar-refractivity contribution in [1.29, 1.82) is 0 Å². The number of carbonyl (C=O) groups excluding carboxylic acids is 1. The molecule has 2 aliphatic rings. The lowest BCUT2D eigenvalue weighted by atomic mass is 10.2. The van der Waals surface area contributed by atoms with Crippen LogP contribution in [0.2, 0.25) is 0 Å². The molecule has 2 aliphatic heterocycles. The van der Waals surface area contributed by atoms with E-state index in [9.17, 15) is 9.18 Å². The summed E-state index contributed by atoms with van der Waals surface area (Å²) in [5.41, 5.74) is 1.73. The Morgan fingerprint density at radius 2 is 1.88 bits per heavy atom. The van der Waals surface area contributed by atoms with Crippen molar-refractivity contribution in [2.45, 2.75) is 10.3 Å². The minimum Gasteiger partial charge on any atom is -0.360 e. The van der Waals surface area contributed by atoms with Gasteiger partial charge in [0, 0.05) is 35.1 Å². The van der Waals surface area contributed by atoms with Crippen LogP contribution in [0.15, 0.2) is 53.4 Å². The maximum Gasteiger partial charge on any atom is 0.243 e. The molecule has 0 aliphatic carbocycles. The quantitative estimate of drug-likeness (QED) is 0.810. The molecule has 0 N–H and O–H groups in total. The first-order chi connectivity index (χ1) is 12.2. The summed E-state index contributed by atoms with van der Waals surface area (Å²) in [6.45, 7) is 1.88. The van der Waals surface area contributed by atoms with Crippen molar-refractivity contribution in [3.05, 3.63) is 59.9 Å². The van der Waals surface area contributed by atoms with Crippen LogP contribution in [0, 0.1) is 5.82 Å². The van der Waals surface area contributed by atoms with Gasteiger partial charge in [0.05, 0.1) is 12.2 Å². The zero-order chi connectivity index (χ0) is 17.2. The summed E-state index contributed by atoms with van der Waals surface area (Å²) in [6.07, 6.45) is 0. The Bertz CT molecular complexity index is 786. The smallest absolute Gasteiger partial charge is 0.243 e. The van der Waals surface area contributed by atoms with Crippen molar-refractivity contribution in [2.24, 2.45) is 0 Å². The van der Waals surface area contributed by atoms with Crippen molar-refractivity contribution in [1.82, 2.24) is 4.90 Å². The lowest BCUT2D eigenvalue weighted by molar-refractivity contribution is -0.129. The number of anilines is 1. The van der Waals surface area contributed by atoms with Gasteiger partial charge in [-0.05, 0) is 18.2 Å². The average molecular weight is 375 g/mol. The standard InChI is InChI=1S/C19H19FN2OS2/c20-15-6-2-1-5-14(15)19-22(10-12-25-19)18(23)13-21-9-11-24-17-8-4-3-7-16(17)21/h1-8,19H,9-13H2/t19-/m1/s1. The first-order valence-corrected chi connectivity index (χ1v) is 10.4. The number of fused-ring (bicyclic) bond motifs is 1. The van der Waals surface area contributed by atoms with Gasteiger partial charge in [-0.15, -0.1) is 23.5 Å². The van der Waals surface area contributed by atoms with Gasteiger partial charge in [-0.1, -0.05) is 30.3 Å². The van der Waals surface area contributed by atoms with Crippen molar-refractivity contribution in [3.63, 3.8) is 0 Å². The normalized spacial score (nSPS) is 19.8. The van der Waals surface area contributed by atoms with Crippen LogP contribution in [0.3, 0.4) is 0 Å². The van der Waals surface area contributed by atoms with Gasteiger partial charge in [0.15, 0.2) is 0 Å². The number of benzene rings is 2. The molecule has 0 bridgehead atoms. The second-order valence-electron chi connectivity index (χ2n) is 6.07. The van der Waals surface area contributed by atoms with Crippen LogP contribution in [-0.2, 0) is 4.79 Å². The van der Waals surface area contributed by atoms with E-state index in [1.54, 1.807) is 23.9 Å². The fourth-order valence-corrected chi connectivity index (χ4v) is 5.65. The van der Waals surface area contributed by atoms with E-state index in [1.165, 1.54) is 11.0 Å². The van der Waals surface area contributed by atoms with E-state index in [0.717, 1.165) is 23.7 Å². The summed E-state index contributed by atoms with van der Waals surface area (Å²) >= 11 is 3.47. The molecule has 0 unspecified atom stereocenters. The summed E-state index contributed by atoms with van der Waals surface area (Å²) in [5.74, 6) is 1.66. The summed E-state index contributed by atoms with van der Waals surface area (Å²) in [7, 11) is 0. The lowest BCUT2D eigenvalue weighted by Crippen LogP contribution is -2.42. The molecule has 130 valence electrons. The highest BCUT2D eigenvalue weighted by Gasteiger charge is 2.33. The number of hydrogen-bond acceptors (Lipinski definition) is 4. The highest BCUT2D eigenvalue weighted by atomic mass is 32.2. The van der Waals surface area contributed by atoms with Gasteiger partial charge in [-0.2, -0.15) is 0 Å². The van der Waals surface area contributed by atoms with Gasteiger partial charge >= 0.3 is 0 Å². The fourth-order valence-electron chi connectivity index (χ4n) is 3.30. The highest BCUT2D eigenvalue weighted by molar-refractivity contribution is 7.99. The van der Waals surface area contributed by atoms with Crippen molar-refractivity contribution < 1.29 is 9.18 Å². The van der Waals surface area contributed by atoms with E-state index < -0.39 is 0 Å². The first-order valence-electron chi connectivity index (χ1n) is 8.36. The molecule has 1 fully saturated rings. The van der Waals surface area contributed by atoms with Crippen LogP contribution in [0.5, 0.6) is 0 Å². The first kappa shape index (κ1) is 16.8. The number of rotatable bonds is 3. The van der Waals surface area contributed by atoms with E-state index in [4.69, 9.17) is 0 Å². The zero-order valence-corrected chi connectivity index (χ0v) is 15.4. The Morgan fingerprint density at radius 1 is 1.08 bits per heavy atom. The molecule has 2 heterocycles. The average Bonchev–Trinajstić information content (AvgIpc) is 3.12. The summed E-state index contributed by atoms with van der Waals surface area (Å²) in [5, 5.41) is -0.219. The molecule has 0 spiro atoms. The zero-order valence-electron chi connectivity index (χ0n) is 13.7. The topological polar surface area (TPSA) is 23.6 Å². The molecule has 6 heteroatoms. The van der Waals surface area contributed by atoms with E-state index >= 15 is 0 Å². The molecule has 0 radical (unpaired) electrons. The number of thioether (sulfide) groups is 2. The monoisotopic (exact) mass is 374 g/mol. The van der Waals surface area contributed by atoms with Gasteiger partial charge in [-0.25, -0.2) is 4.39 Å². The minimum absolute atomic E-state index is 0.0694. The molecule has 0 aromatic heterocycles. The largest absolute Gasteiger partial charge is 0.360 e. The molecule has 3 nitrogen and oxygen atoms in total. The van der Waals surface area contributed by atoms with Crippen LogP contribution in [-0.4, -0.2) is 41.9 Å². The van der Waals surface area contributed by atoms with Crippen LogP contribution in [0.25, 0.3) is 0 Å². The fraction of sp³-hybridized carbons (Fsp3) is 0.316. The molecule has 25 heavy (non-hydrogen) atoms. The van der Waals surface area contributed by atoms with E-state index in [2.05, 4.69) is 17.0 Å². The molecule has 1 atom stereocenters. The molecule has 2 aromatic carbocycles. The Balaban J connectivity index is 1.53. The lowest BCUT2D eigenvalue weighted by Gasteiger charge is -2.33. The number of halogens is 1. The second-order valence-corrected chi connectivity index (χ2v) is 8.39. The highest BCUT2D eigenvalue weighted by Crippen LogP contribution is 2.39. The number of para-hydroxylation sites is 1. The molecular weight excluding hydrogens is 355 g/mol. The number of hydrogen-bond donors (Lipinski definition) is 0. The van der Waals surface area contributed by atoms with Crippen LogP contribution in [0.1, 0.15) is 10.9 Å². The molecule has 4 rings (SSSR count). The van der Waals surface area contributed by atoms with Gasteiger partial charge in [-0.3, -0.25) is 4.79 Å². The third-order valence-electron chi connectivity index (χ3n) is 4.53. The predicted octanol–water partition coefficient (Wildman–Crippen LogP) is 4.01. The maximum absolute atomic E-state index is 14.2. The molecule has 1 amide bonds. The summed E-state index contributed by atoms with van der Waals surface area (Å²) < 4.78 is 14.2. The molecular formula is C19H19FN2OS2.